The van der Waals surface area contributed by atoms with Crippen LogP contribution in [0.3, 0.4) is 0 Å². The summed E-state index contributed by atoms with van der Waals surface area (Å²) in [6, 6.07) is 3.29. The second-order valence-corrected chi connectivity index (χ2v) is 12.3. The number of likely N-dealkylation sites (tertiary alicyclic amines) is 1. The number of likely N-dealkylation sites (N-methyl/N-ethyl adjacent to an activating group) is 1. The van der Waals surface area contributed by atoms with Crippen LogP contribution < -0.4 is 4.74 Å². The molecule has 10 nitrogen and oxygen atoms in total. The summed E-state index contributed by atoms with van der Waals surface area (Å²) in [7, 11) is 1.99. The van der Waals surface area contributed by atoms with Crippen LogP contribution in [0.4, 0.5) is 0 Å². The molecule has 218 valence electrons. The van der Waals surface area contributed by atoms with Gasteiger partial charge in [-0.2, -0.15) is 0 Å². The number of aliphatic hydroxyl groups is 2. The molecule has 5 rings (SSSR count). The van der Waals surface area contributed by atoms with Gasteiger partial charge in [-0.05, 0) is 70.3 Å². The summed E-state index contributed by atoms with van der Waals surface area (Å²) >= 11 is 0. The van der Waals surface area contributed by atoms with Crippen LogP contribution in [0.2, 0.25) is 0 Å². The van der Waals surface area contributed by atoms with Crippen LogP contribution >= 0.6 is 0 Å². The van der Waals surface area contributed by atoms with E-state index in [1.54, 1.807) is 12.1 Å². The normalized spacial score (nSPS) is 30.4. The third-order valence-corrected chi connectivity index (χ3v) is 9.20. The molecule has 2 heterocycles. The van der Waals surface area contributed by atoms with E-state index in [9.17, 15) is 29.7 Å². The summed E-state index contributed by atoms with van der Waals surface area (Å²) in [5.74, 6) is -2.20. The third-order valence-electron chi connectivity index (χ3n) is 9.20. The molecule has 1 saturated heterocycles. The van der Waals surface area contributed by atoms with Crippen LogP contribution in [0.25, 0.3) is 0 Å². The Morgan fingerprint density at radius 3 is 2.58 bits per heavy atom. The summed E-state index contributed by atoms with van der Waals surface area (Å²) in [5.41, 5.74) is -0.315. The molecule has 0 unspecified atom stereocenters. The highest BCUT2D eigenvalue weighted by Gasteiger charge is 2.72. The van der Waals surface area contributed by atoms with Gasteiger partial charge in [0.25, 0.3) is 0 Å². The van der Waals surface area contributed by atoms with E-state index in [4.69, 9.17) is 14.2 Å². The number of aromatic hydroxyl groups is 1. The van der Waals surface area contributed by atoms with Crippen molar-refractivity contribution < 1.29 is 43.9 Å². The maximum absolute atomic E-state index is 13.2. The molecule has 10 heteroatoms. The first-order chi connectivity index (χ1) is 18.8. The lowest BCUT2D eigenvalue weighted by molar-refractivity contribution is -0.176. The maximum Gasteiger partial charge on any atom is 0.352 e. The van der Waals surface area contributed by atoms with E-state index in [1.807, 2.05) is 27.0 Å². The Kier molecular flexibility index (Phi) is 7.25. The molecule has 0 amide bonds. The summed E-state index contributed by atoms with van der Waals surface area (Å²) < 4.78 is 17.5. The van der Waals surface area contributed by atoms with Gasteiger partial charge in [-0.3, -0.25) is 9.59 Å². The minimum atomic E-state index is -1.27. The van der Waals surface area contributed by atoms with Crippen LogP contribution in [-0.4, -0.2) is 81.5 Å². The molecule has 1 aromatic rings. The van der Waals surface area contributed by atoms with Gasteiger partial charge in [0.05, 0.1) is 16.9 Å². The molecular formula is C30H39NO9. The molecule has 40 heavy (non-hydrogen) atoms. The first kappa shape index (κ1) is 28.6. The molecule has 4 aliphatic rings. The summed E-state index contributed by atoms with van der Waals surface area (Å²) in [4.78, 5) is 40.4. The van der Waals surface area contributed by atoms with Gasteiger partial charge < -0.3 is 34.4 Å². The molecule has 1 spiro atoms. The first-order valence-electron chi connectivity index (χ1n) is 14.1. The zero-order valence-electron chi connectivity index (χ0n) is 23.7. The van der Waals surface area contributed by atoms with Crippen molar-refractivity contribution in [3.05, 3.63) is 35.1 Å². The van der Waals surface area contributed by atoms with E-state index < -0.39 is 53.0 Å². The van der Waals surface area contributed by atoms with Gasteiger partial charge in [0, 0.05) is 24.4 Å². The largest absolute Gasteiger partial charge is 0.504 e. The predicted molar refractivity (Wildman–Crippen MR) is 142 cm³/mol. The van der Waals surface area contributed by atoms with Gasteiger partial charge in [-0.25, -0.2) is 4.79 Å². The highest BCUT2D eigenvalue weighted by molar-refractivity contribution is 5.88. The molecule has 2 aliphatic heterocycles. The highest BCUT2D eigenvalue weighted by atomic mass is 16.6. The zero-order chi connectivity index (χ0) is 29.1. The Bertz CT molecular complexity index is 1260. The highest BCUT2D eigenvalue weighted by Crippen LogP contribution is 2.65. The number of ketones is 1. The van der Waals surface area contributed by atoms with Gasteiger partial charge in [0.1, 0.15) is 11.9 Å². The maximum atomic E-state index is 13.2. The average Bonchev–Trinajstić information content (AvgIpc) is 3.24. The van der Waals surface area contributed by atoms with Crippen molar-refractivity contribution in [2.45, 2.75) is 95.2 Å². The number of Topliss-reactive ketones (excluding diaryl/α,β-unsaturated/α-hetero) is 1. The number of carbonyl (C=O) groups is 3. The van der Waals surface area contributed by atoms with Crippen LogP contribution in [-0.2, 0) is 35.7 Å². The van der Waals surface area contributed by atoms with Crippen molar-refractivity contribution in [2.75, 3.05) is 13.6 Å². The lowest BCUT2D eigenvalue weighted by Crippen LogP contribution is -2.74. The minimum Gasteiger partial charge on any atom is -0.504 e. The standard InChI is InChI=1S/C30H39NO9/c1-15(2)12-19(13-21(34)16(3)32)28(36)38-17(4)27(35)39-22-8-9-30(37)23-14-18-6-7-20(33)25-24(18)29(30,26(22)40-25)10-11-31(23)5/h6-8,15-17,19,23,26,32-33,37H,9-14H2,1-5H3/t16-,17-,19+,23+,26-,29-,30+/m0/s1. The van der Waals surface area contributed by atoms with Crippen molar-refractivity contribution in [3.8, 4) is 11.5 Å². The van der Waals surface area contributed by atoms with Crippen molar-refractivity contribution >= 4 is 17.7 Å². The topological polar surface area (TPSA) is 143 Å². The molecular weight excluding hydrogens is 518 g/mol. The lowest BCUT2D eigenvalue weighted by atomic mass is 9.50. The van der Waals surface area contributed by atoms with E-state index in [-0.39, 0.29) is 36.3 Å². The van der Waals surface area contributed by atoms with Crippen molar-refractivity contribution in [1.29, 1.82) is 0 Å². The summed E-state index contributed by atoms with van der Waals surface area (Å²) in [5, 5.41) is 32.5. The van der Waals surface area contributed by atoms with E-state index in [0.717, 1.165) is 11.1 Å². The van der Waals surface area contributed by atoms with Crippen LogP contribution in [0.5, 0.6) is 11.5 Å². The zero-order valence-corrected chi connectivity index (χ0v) is 23.7. The first-order valence-corrected chi connectivity index (χ1v) is 14.1. The minimum absolute atomic E-state index is 0.0295. The number of esters is 2. The van der Waals surface area contributed by atoms with Crippen molar-refractivity contribution in [1.82, 2.24) is 4.90 Å². The average molecular weight is 558 g/mol. The molecule has 1 fully saturated rings. The molecule has 3 N–H and O–H groups in total. The van der Waals surface area contributed by atoms with Crippen LogP contribution in [0.15, 0.2) is 24.0 Å². The van der Waals surface area contributed by atoms with Gasteiger partial charge in [0.2, 0.25) is 0 Å². The number of carbonyl (C=O) groups excluding carboxylic acids is 3. The Labute approximate surface area is 233 Å². The number of phenolic OH excluding ortho intramolecular Hbond substituents is 1. The van der Waals surface area contributed by atoms with E-state index in [2.05, 4.69) is 4.90 Å². The van der Waals surface area contributed by atoms with Gasteiger partial charge in [-0.15, -0.1) is 0 Å². The van der Waals surface area contributed by atoms with Gasteiger partial charge in [-0.1, -0.05) is 19.9 Å². The molecule has 1 aromatic carbocycles. The van der Waals surface area contributed by atoms with Crippen LogP contribution in [0.1, 0.15) is 64.5 Å². The van der Waals surface area contributed by atoms with Crippen molar-refractivity contribution in [2.24, 2.45) is 11.8 Å². The monoisotopic (exact) mass is 557 g/mol. The lowest BCUT2D eigenvalue weighted by Gasteiger charge is -2.61. The SMILES string of the molecule is CC(C)C[C@H](CC(=O)[C@H](C)O)C(=O)O[C@@H](C)C(=O)OC1=CC[C@@]2(O)[C@H]3Cc4ccc(O)c5c4[C@@]2(CCN3C)[C@H]1O5. The van der Waals surface area contributed by atoms with Gasteiger partial charge >= 0.3 is 11.9 Å². The Morgan fingerprint density at radius 1 is 1.18 bits per heavy atom. The number of hydrogen-bond donors (Lipinski definition) is 3. The molecule has 0 radical (unpaired) electrons. The molecule has 2 bridgehead atoms. The Hall–Kier alpha value is -2.95. The fourth-order valence-electron chi connectivity index (χ4n) is 7.20. The number of aliphatic hydroxyl groups excluding tert-OH is 1. The Morgan fingerprint density at radius 2 is 1.90 bits per heavy atom. The van der Waals surface area contributed by atoms with Gasteiger partial charge in [0.15, 0.2) is 29.5 Å². The second-order valence-electron chi connectivity index (χ2n) is 12.3. The molecule has 2 aliphatic carbocycles. The van der Waals surface area contributed by atoms with Crippen molar-refractivity contribution in [3.63, 3.8) is 0 Å². The number of hydrogen-bond acceptors (Lipinski definition) is 10. The number of phenols is 1. The fourth-order valence-corrected chi connectivity index (χ4v) is 7.20. The van der Waals surface area contributed by atoms with E-state index in [1.165, 1.54) is 13.8 Å². The Balaban J connectivity index is 1.37. The number of rotatable bonds is 9. The number of piperidine rings is 1. The number of ether oxygens (including phenoxy) is 3. The second kappa shape index (κ2) is 10.2. The molecule has 0 saturated carbocycles. The summed E-state index contributed by atoms with van der Waals surface area (Å²) in [6.45, 7) is 7.26. The smallest absolute Gasteiger partial charge is 0.352 e. The number of nitrogens with zero attached hydrogens (tertiary/aromatic N) is 1. The summed E-state index contributed by atoms with van der Waals surface area (Å²) in [6.07, 6.45) is -0.0868. The third kappa shape index (κ3) is 4.31. The van der Waals surface area contributed by atoms with E-state index >= 15 is 0 Å². The van der Waals surface area contributed by atoms with Crippen LogP contribution in [0, 0.1) is 11.8 Å². The molecule has 0 aromatic heterocycles. The molecule has 7 atom stereocenters. The van der Waals surface area contributed by atoms with E-state index in [0.29, 0.717) is 31.6 Å². The number of benzene rings is 1. The predicted octanol–water partition coefficient (Wildman–Crippen LogP) is 2.15. The quantitative estimate of drug-likeness (QED) is 0.387. The fraction of sp³-hybridized carbons (Fsp3) is 0.633.